The molecule has 4 nitrogen and oxygen atoms in total. The fraction of sp³-hybridized carbons (Fsp3) is 0.400. The van der Waals surface area contributed by atoms with Gasteiger partial charge in [0.25, 0.3) is 0 Å². The molecule has 0 saturated carbocycles. The van der Waals surface area contributed by atoms with E-state index in [-0.39, 0.29) is 15.1 Å². The molecule has 0 saturated heterocycles. The Morgan fingerprint density at radius 3 is 1.88 bits per heavy atom. The number of alkyl halides is 9. The van der Waals surface area contributed by atoms with Gasteiger partial charge in [-0.15, -0.1) is 0 Å². The van der Waals surface area contributed by atoms with Crippen LogP contribution in [0.15, 0.2) is 30.3 Å². The summed E-state index contributed by atoms with van der Waals surface area (Å²) in [6.45, 7) is 2.41. The molecule has 17 heteroatoms. The van der Waals surface area contributed by atoms with E-state index in [0.717, 1.165) is 18.2 Å². The maximum atomic E-state index is 14.4. The Bertz CT molecular complexity index is 1450. The van der Waals surface area contributed by atoms with Crippen molar-refractivity contribution in [2.24, 2.45) is 11.7 Å². The first-order valence-corrected chi connectivity index (χ1v) is 14.5. The van der Waals surface area contributed by atoms with Crippen LogP contribution in [0, 0.1) is 5.92 Å². The monoisotopic (exact) mass is 691 g/mol. The van der Waals surface area contributed by atoms with Gasteiger partial charge >= 0.3 is 18.5 Å². The first-order valence-electron chi connectivity index (χ1n) is 11.6. The van der Waals surface area contributed by atoms with Gasteiger partial charge < -0.3 is 5.73 Å². The van der Waals surface area contributed by atoms with Crippen molar-refractivity contribution >= 4 is 56.6 Å². The van der Waals surface area contributed by atoms with Crippen molar-refractivity contribution in [3.05, 3.63) is 73.2 Å². The minimum Gasteiger partial charge on any atom is -0.366 e. The molecule has 0 radical (unpaired) electrons. The zero-order valence-corrected chi connectivity index (χ0v) is 24.4. The van der Waals surface area contributed by atoms with E-state index in [0.29, 0.717) is 18.2 Å². The summed E-state index contributed by atoms with van der Waals surface area (Å²) in [6.07, 6.45) is -14.7. The van der Waals surface area contributed by atoms with Crippen molar-refractivity contribution < 1.29 is 52.7 Å². The Labute approximate surface area is 249 Å². The predicted octanol–water partition coefficient (Wildman–Crippen LogP) is 8.84. The Morgan fingerprint density at radius 2 is 1.48 bits per heavy atom. The smallest absolute Gasteiger partial charge is 0.366 e. The quantitative estimate of drug-likeness (QED) is 0.211. The maximum Gasteiger partial charge on any atom is 0.417 e. The third-order valence-electron chi connectivity index (χ3n) is 6.01. The van der Waals surface area contributed by atoms with E-state index in [1.54, 1.807) is 0 Å². The van der Waals surface area contributed by atoms with E-state index in [1.165, 1.54) is 13.8 Å². The number of hydrogen-bond donors (Lipinski definition) is 1. The molecular weight excluding hydrogens is 672 g/mol. The van der Waals surface area contributed by atoms with Gasteiger partial charge in [0.15, 0.2) is 9.84 Å². The van der Waals surface area contributed by atoms with E-state index in [2.05, 4.69) is 0 Å². The van der Waals surface area contributed by atoms with Crippen LogP contribution in [-0.4, -0.2) is 38.2 Å². The highest BCUT2D eigenvalue weighted by atomic mass is 35.5. The average molecular weight is 693 g/mol. The fourth-order valence-corrected chi connectivity index (χ4v) is 6.57. The minimum absolute atomic E-state index is 0.258. The number of carbonyl (C=O) groups excluding carboxylic acids is 1. The summed E-state index contributed by atoms with van der Waals surface area (Å²) in [5.41, 5.74) is -0.0425. The summed E-state index contributed by atoms with van der Waals surface area (Å²) in [6, 6.07) is 3.03. The van der Waals surface area contributed by atoms with E-state index in [4.69, 9.17) is 40.5 Å². The zero-order valence-electron chi connectivity index (χ0n) is 21.4. The molecule has 2 N–H and O–H groups in total. The molecule has 0 heterocycles. The Morgan fingerprint density at radius 1 is 0.952 bits per heavy atom. The van der Waals surface area contributed by atoms with Crippen molar-refractivity contribution in [2.45, 2.75) is 44.2 Å². The normalized spacial score (nSPS) is 14.9. The first-order chi connectivity index (χ1) is 18.9. The van der Waals surface area contributed by atoms with Gasteiger partial charge in [-0.1, -0.05) is 66.9 Å². The van der Waals surface area contributed by atoms with E-state index in [9.17, 15) is 52.7 Å². The van der Waals surface area contributed by atoms with Gasteiger partial charge in [-0.25, -0.2) is 8.42 Å². The molecule has 1 unspecified atom stereocenters. The molecule has 234 valence electrons. The fourth-order valence-electron chi connectivity index (χ4n) is 4.25. The molecule has 42 heavy (non-hydrogen) atoms. The van der Waals surface area contributed by atoms with Gasteiger partial charge in [0.1, 0.15) is 5.75 Å². The third-order valence-corrected chi connectivity index (χ3v) is 8.84. The molecule has 2 rings (SSSR count). The van der Waals surface area contributed by atoms with Crippen LogP contribution in [-0.2, 0) is 16.0 Å². The van der Waals surface area contributed by atoms with Gasteiger partial charge in [-0.3, -0.25) is 4.79 Å². The standard InChI is InChI=1S/C25H21Cl3F9NO3S/c1-11(2)15(9-42(40,41)10-23(29,30)31)19-12(3-5-14(22(38)39)20(19)25(35,36)37)4-6-16(24(32,33)34)13-7-17(26)21(28)18(27)8-13/h3-8,11,15-16H,9-10H2,1-2H3,(H2,38,39)/b6-4+/t15-,16?/m1/s1. The number of carbonyl (C=O) groups is 1. The first kappa shape index (κ1) is 36.0. The molecule has 0 fully saturated rings. The molecule has 0 aliphatic heterocycles. The topological polar surface area (TPSA) is 77.2 Å². The summed E-state index contributed by atoms with van der Waals surface area (Å²) in [5.74, 6) is -11.0. The van der Waals surface area contributed by atoms with Crippen molar-refractivity contribution in [3.63, 3.8) is 0 Å². The number of primary amides is 1. The minimum atomic E-state index is -5.43. The number of benzene rings is 2. The van der Waals surface area contributed by atoms with Crippen molar-refractivity contribution in [1.82, 2.24) is 0 Å². The number of nitrogens with two attached hydrogens (primary N) is 1. The lowest BCUT2D eigenvalue weighted by Crippen LogP contribution is -2.31. The lowest BCUT2D eigenvalue weighted by molar-refractivity contribution is -0.140. The Balaban J connectivity index is 2.93. The van der Waals surface area contributed by atoms with Crippen molar-refractivity contribution in [2.75, 3.05) is 11.5 Å². The summed E-state index contributed by atoms with van der Waals surface area (Å²) >= 11 is 17.5. The maximum absolute atomic E-state index is 14.4. The highest BCUT2D eigenvalue weighted by molar-refractivity contribution is 7.91. The zero-order chi connectivity index (χ0) is 32.6. The van der Waals surface area contributed by atoms with Crippen LogP contribution in [0.2, 0.25) is 15.1 Å². The molecule has 2 aromatic rings. The Kier molecular flexibility index (Phi) is 11.0. The predicted molar refractivity (Wildman–Crippen MR) is 142 cm³/mol. The molecule has 1 amide bonds. The summed E-state index contributed by atoms with van der Waals surface area (Å²) in [4.78, 5) is 11.9. The van der Waals surface area contributed by atoms with Gasteiger partial charge in [0.05, 0.1) is 37.9 Å². The lowest BCUT2D eigenvalue weighted by atomic mass is 9.81. The second kappa shape index (κ2) is 12.8. The van der Waals surface area contributed by atoms with Gasteiger partial charge in [-0.2, -0.15) is 39.5 Å². The number of rotatable bonds is 9. The second-order valence-corrected chi connectivity index (χ2v) is 12.9. The van der Waals surface area contributed by atoms with E-state index < -0.39 is 91.4 Å². The van der Waals surface area contributed by atoms with Crippen molar-refractivity contribution in [3.8, 4) is 0 Å². The molecule has 2 aromatic carbocycles. The van der Waals surface area contributed by atoms with Gasteiger partial charge in [0.2, 0.25) is 5.91 Å². The highest BCUT2D eigenvalue weighted by Crippen LogP contribution is 2.45. The van der Waals surface area contributed by atoms with E-state index in [1.807, 2.05) is 0 Å². The summed E-state index contributed by atoms with van der Waals surface area (Å²) < 4.78 is 149. The SMILES string of the molecule is CC(C)[C@@H](CS(=O)(=O)CC(F)(F)F)c1c(/C=C/C(c2cc(Cl)c(Cl)c(Cl)c2)C(F)(F)F)ccc(C(N)=O)c1C(F)(F)F. The number of halogens is 12. The molecule has 0 aliphatic carbocycles. The van der Waals surface area contributed by atoms with Crippen LogP contribution in [0.3, 0.4) is 0 Å². The van der Waals surface area contributed by atoms with Crippen LogP contribution >= 0.6 is 34.8 Å². The van der Waals surface area contributed by atoms with Crippen LogP contribution in [0.1, 0.15) is 58.3 Å². The van der Waals surface area contributed by atoms with Crippen LogP contribution in [0.5, 0.6) is 0 Å². The molecule has 0 bridgehead atoms. The van der Waals surface area contributed by atoms with Crippen LogP contribution < -0.4 is 5.73 Å². The second-order valence-electron chi connectivity index (χ2n) is 9.55. The highest BCUT2D eigenvalue weighted by Gasteiger charge is 2.44. The Hall–Kier alpha value is -2.16. The number of hydrogen-bond acceptors (Lipinski definition) is 3. The molecule has 0 spiro atoms. The van der Waals surface area contributed by atoms with Crippen LogP contribution in [0.25, 0.3) is 6.08 Å². The number of allylic oxidation sites excluding steroid dienone is 1. The molecule has 2 atom stereocenters. The molecule has 0 aliphatic rings. The van der Waals surface area contributed by atoms with Crippen LogP contribution in [0.4, 0.5) is 39.5 Å². The third kappa shape index (κ3) is 9.17. The molecular formula is C25H21Cl3F9NO3S. The lowest BCUT2D eigenvalue weighted by Gasteiger charge is -2.28. The van der Waals surface area contributed by atoms with Crippen molar-refractivity contribution in [1.29, 1.82) is 0 Å². The molecule has 0 aromatic heterocycles. The largest absolute Gasteiger partial charge is 0.417 e. The van der Waals surface area contributed by atoms with Gasteiger partial charge in [0, 0.05) is 5.92 Å². The number of amides is 1. The van der Waals surface area contributed by atoms with Gasteiger partial charge in [-0.05, 0) is 40.8 Å². The summed E-state index contributed by atoms with van der Waals surface area (Å²) in [7, 11) is -5.11. The average Bonchev–Trinajstić information content (AvgIpc) is 2.77. The van der Waals surface area contributed by atoms with E-state index >= 15 is 0 Å². The number of sulfone groups is 1. The summed E-state index contributed by atoms with van der Waals surface area (Å²) in [5, 5.41) is -0.976.